The number of sulfonamides is 1. The average Bonchev–Trinajstić information content (AvgIpc) is 3.34. The molecule has 2 saturated heterocycles. The number of amides is 4. The highest BCUT2D eigenvalue weighted by molar-refractivity contribution is 7.89. The number of urea groups is 1. The zero-order chi connectivity index (χ0) is 22.6. The lowest BCUT2D eigenvalue weighted by Crippen LogP contribution is -2.47. The molecule has 0 saturated carbocycles. The number of nitrogens with zero attached hydrogens (tertiary/aromatic N) is 2. The van der Waals surface area contributed by atoms with E-state index in [-0.39, 0.29) is 10.8 Å². The highest BCUT2D eigenvalue weighted by Crippen LogP contribution is 2.28. The van der Waals surface area contributed by atoms with Crippen molar-refractivity contribution in [1.29, 1.82) is 0 Å². The van der Waals surface area contributed by atoms with Crippen LogP contribution in [0.1, 0.15) is 52.4 Å². The van der Waals surface area contributed by atoms with Gasteiger partial charge >= 0.3 is 6.03 Å². The van der Waals surface area contributed by atoms with Gasteiger partial charge in [-0.05, 0) is 49.9 Å². The van der Waals surface area contributed by atoms with Crippen LogP contribution in [0.3, 0.4) is 0 Å². The maximum Gasteiger partial charge on any atom is 0.325 e. The molecule has 2 aliphatic rings. The number of imide groups is 1. The molecule has 2 N–H and O–H groups in total. The van der Waals surface area contributed by atoms with Crippen molar-refractivity contribution in [1.82, 2.24) is 14.5 Å². The van der Waals surface area contributed by atoms with Gasteiger partial charge in [0, 0.05) is 18.8 Å². The molecule has 2 fully saturated rings. The van der Waals surface area contributed by atoms with Crippen LogP contribution in [0, 0.1) is 0 Å². The fourth-order valence-electron chi connectivity index (χ4n) is 4.27. The lowest BCUT2D eigenvalue weighted by Gasteiger charge is -2.25. The topological polar surface area (TPSA) is 116 Å². The maximum atomic E-state index is 12.9. The molecule has 31 heavy (non-hydrogen) atoms. The Labute approximate surface area is 183 Å². The van der Waals surface area contributed by atoms with E-state index in [4.69, 9.17) is 0 Å². The van der Waals surface area contributed by atoms with Crippen LogP contribution < -0.4 is 10.6 Å². The van der Waals surface area contributed by atoms with E-state index in [1.807, 2.05) is 13.8 Å². The van der Waals surface area contributed by atoms with E-state index >= 15 is 0 Å². The number of nitrogens with one attached hydrogen (secondary N) is 2. The molecule has 10 heteroatoms. The van der Waals surface area contributed by atoms with Crippen molar-refractivity contribution in [2.24, 2.45) is 0 Å². The Bertz CT molecular complexity index is 933. The van der Waals surface area contributed by atoms with E-state index in [0.717, 1.165) is 30.6 Å². The molecule has 1 aromatic rings. The van der Waals surface area contributed by atoms with Crippen LogP contribution >= 0.6 is 0 Å². The number of hydrogen-bond donors (Lipinski definition) is 2. The van der Waals surface area contributed by atoms with Gasteiger partial charge in [0.1, 0.15) is 12.1 Å². The van der Waals surface area contributed by atoms with Crippen molar-refractivity contribution in [3.05, 3.63) is 24.3 Å². The molecule has 0 bridgehead atoms. The predicted octanol–water partition coefficient (Wildman–Crippen LogP) is 2.30. The molecule has 0 aliphatic carbocycles. The summed E-state index contributed by atoms with van der Waals surface area (Å²) in [5, 5.41) is 5.40. The number of carbonyl (C=O) groups excluding carboxylic acids is 3. The first kappa shape index (κ1) is 23.2. The second kappa shape index (κ2) is 9.35. The van der Waals surface area contributed by atoms with Crippen molar-refractivity contribution in [3.63, 3.8) is 0 Å². The molecule has 0 atom stereocenters. The van der Waals surface area contributed by atoms with E-state index in [1.165, 1.54) is 28.6 Å². The summed E-state index contributed by atoms with van der Waals surface area (Å²) >= 11 is 0. The summed E-state index contributed by atoms with van der Waals surface area (Å²) in [6.07, 6.45) is 4.23. The molecule has 4 amide bonds. The van der Waals surface area contributed by atoms with Crippen LogP contribution in [0.5, 0.6) is 0 Å². The SMILES string of the molecule is CCCC1(CCC)NC(=O)N(CC(=O)Nc2ccc(S(=O)(=O)N3CCCC3)cc2)C1=O. The molecule has 2 aliphatic heterocycles. The summed E-state index contributed by atoms with van der Waals surface area (Å²) in [5.74, 6) is -0.897. The van der Waals surface area contributed by atoms with Crippen molar-refractivity contribution in [3.8, 4) is 0 Å². The Morgan fingerprint density at radius 1 is 1.06 bits per heavy atom. The first-order chi connectivity index (χ1) is 14.7. The first-order valence-electron chi connectivity index (χ1n) is 10.8. The second-order valence-electron chi connectivity index (χ2n) is 8.09. The maximum absolute atomic E-state index is 12.9. The van der Waals surface area contributed by atoms with Gasteiger partial charge in [-0.25, -0.2) is 13.2 Å². The molecular formula is C21H30N4O5S. The summed E-state index contributed by atoms with van der Waals surface area (Å²) in [5.41, 5.74) is -0.544. The number of carbonyl (C=O) groups is 3. The lowest BCUT2D eigenvalue weighted by molar-refractivity contribution is -0.134. The molecule has 0 unspecified atom stereocenters. The van der Waals surface area contributed by atoms with Crippen LogP contribution in [0.4, 0.5) is 10.5 Å². The van der Waals surface area contributed by atoms with Crippen molar-refractivity contribution < 1.29 is 22.8 Å². The van der Waals surface area contributed by atoms with E-state index in [1.54, 1.807) is 0 Å². The summed E-state index contributed by atoms with van der Waals surface area (Å²) in [4.78, 5) is 38.8. The van der Waals surface area contributed by atoms with E-state index in [0.29, 0.717) is 31.6 Å². The summed E-state index contributed by atoms with van der Waals surface area (Å²) in [6, 6.07) is 5.35. The highest BCUT2D eigenvalue weighted by atomic mass is 32.2. The molecule has 2 heterocycles. The van der Waals surface area contributed by atoms with E-state index in [9.17, 15) is 22.8 Å². The van der Waals surface area contributed by atoms with Gasteiger partial charge in [-0.2, -0.15) is 4.31 Å². The van der Waals surface area contributed by atoms with Crippen LogP contribution in [-0.4, -0.2) is 60.6 Å². The molecule has 1 aromatic carbocycles. The monoisotopic (exact) mass is 450 g/mol. The van der Waals surface area contributed by atoms with Gasteiger partial charge in [-0.15, -0.1) is 0 Å². The quantitative estimate of drug-likeness (QED) is 0.560. The third-order valence-corrected chi connectivity index (χ3v) is 7.65. The Morgan fingerprint density at radius 2 is 1.65 bits per heavy atom. The minimum Gasteiger partial charge on any atom is -0.325 e. The summed E-state index contributed by atoms with van der Waals surface area (Å²) in [6.45, 7) is 4.53. The van der Waals surface area contributed by atoms with Crippen molar-refractivity contribution >= 4 is 33.6 Å². The van der Waals surface area contributed by atoms with Crippen molar-refractivity contribution in [2.45, 2.75) is 62.8 Å². The zero-order valence-corrected chi connectivity index (χ0v) is 18.8. The third kappa shape index (κ3) is 4.74. The molecule has 0 radical (unpaired) electrons. The van der Waals surface area contributed by atoms with Crippen LogP contribution in [0.25, 0.3) is 0 Å². The van der Waals surface area contributed by atoms with Gasteiger partial charge in [0.15, 0.2) is 0 Å². The summed E-state index contributed by atoms with van der Waals surface area (Å²) < 4.78 is 26.6. The molecule has 3 rings (SSSR count). The Balaban J connectivity index is 1.64. The normalized spacial score (nSPS) is 19.0. The van der Waals surface area contributed by atoms with Crippen LogP contribution in [0.2, 0.25) is 0 Å². The second-order valence-corrected chi connectivity index (χ2v) is 10.0. The molecule has 0 spiro atoms. The largest absolute Gasteiger partial charge is 0.325 e. The fourth-order valence-corrected chi connectivity index (χ4v) is 5.79. The lowest BCUT2D eigenvalue weighted by atomic mass is 9.88. The minimum atomic E-state index is -3.53. The van der Waals surface area contributed by atoms with Gasteiger partial charge in [-0.1, -0.05) is 26.7 Å². The number of rotatable bonds is 9. The minimum absolute atomic E-state index is 0.172. The molecule has 9 nitrogen and oxygen atoms in total. The van der Waals surface area contributed by atoms with Crippen molar-refractivity contribution in [2.75, 3.05) is 25.0 Å². The Hall–Kier alpha value is -2.46. The predicted molar refractivity (Wildman–Crippen MR) is 116 cm³/mol. The van der Waals surface area contributed by atoms with Gasteiger partial charge < -0.3 is 10.6 Å². The first-order valence-corrected chi connectivity index (χ1v) is 12.2. The Morgan fingerprint density at radius 3 is 2.19 bits per heavy atom. The van der Waals surface area contributed by atoms with Gasteiger partial charge in [0.25, 0.3) is 5.91 Å². The Kier molecular flexibility index (Phi) is 7.00. The van der Waals surface area contributed by atoms with E-state index < -0.39 is 34.0 Å². The van der Waals surface area contributed by atoms with Crippen LogP contribution in [0.15, 0.2) is 29.2 Å². The van der Waals surface area contributed by atoms with Gasteiger partial charge in [0.05, 0.1) is 4.90 Å². The number of benzene rings is 1. The number of hydrogen-bond acceptors (Lipinski definition) is 5. The zero-order valence-electron chi connectivity index (χ0n) is 18.0. The van der Waals surface area contributed by atoms with Gasteiger partial charge in [0.2, 0.25) is 15.9 Å². The molecule has 0 aromatic heterocycles. The summed E-state index contributed by atoms with van der Waals surface area (Å²) in [7, 11) is -3.53. The molecular weight excluding hydrogens is 420 g/mol. The van der Waals surface area contributed by atoms with Gasteiger partial charge in [-0.3, -0.25) is 14.5 Å². The molecule has 170 valence electrons. The van der Waals surface area contributed by atoms with E-state index in [2.05, 4.69) is 10.6 Å². The highest BCUT2D eigenvalue weighted by Gasteiger charge is 2.50. The fraction of sp³-hybridized carbons (Fsp3) is 0.571. The third-order valence-electron chi connectivity index (χ3n) is 5.74. The number of anilines is 1. The average molecular weight is 451 g/mol. The standard InChI is InChI=1S/C21H30N4O5S/c1-3-11-21(12-4-2)19(27)25(20(28)23-21)15-18(26)22-16-7-9-17(10-8-16)31(29,30)24-13-5-6-14-24/h7-10H,3-6,11-15H2,1-2H3,(H,22,26)(H,23,28). The smallest absolute Gasteiger partial charge is 0.325 e. The van der Waals surface area contributed by atoms with Crippen LogP contribution in [-0.2, 0) is 19.6 Å².